The maximum Gasteiger partial charge on any atom is 0.274 e. The average molecular weight is 332 g/mol. The molecule has 1 atom stereocenters. The number of ether oxygens (including phenoxy) is 1. The van der Waals surface area contributed by atoms with E-state index in [-0.39, 0.29) is 11.4 Å². The van der Waals surface area contributed by atoms with Crippen molar-refractivity contribution in [2.24, 2.45) is 0 Å². The van der Waals surface area contributed by atoms with E-state index in [0.717, 1.165) is 0 Å². The van der Waals surface area contributed by atoms with E-state index in [2.05, 4.69) is 5.32 Å². The van der Waals surface area contributed by atoms with Crippen LogP contribution in [-0.2, 0) is 4.79 Å². The van der Waals surface area contributed by atoms with Crippen LogP contribution in [0.2, 0.25) is 0 Å². The number of hydrogen-bond acceptors (Lipinski definition) is 4. The third-order valence-corrected chi connectivity index (χ3v) is 3.53. The molecule has 0 radical (unpaired) electrons. The van der Waals surface area contributed by atoms with Crippen molar-refractivity contribution in [3.05, 3.63) is 64.0 Å². The fourth-order valence-corrected chi connectivity index (χ4v) is 2.19. The highest BCUT2D eigenvalue weighted by Gasteiger charge is 2.22. The topological polar surface area (TPSA) is 81.5 Å². The van der Waals surface area contributed by atoms with Crippen LogP contribution in [0.25, 0.3) is 0 Å². The molecule has 0 aliphatic heterocycles. The summed E-state index contributed by atoms with van der Waals surface area (Å²) in [6, 6.07) is 10.2. The SMILES string of the molecule is CCC(Oc1ccccc1F)C(=O)Nc1cccc([N+](=O)[O-])c1C. The summed E-state index contributed by atoms with van der Waals surface area (Å²) in [4.78, 5) is 22.8. The number of rotatable bonds is 6. The molecule has 0 saturated heterocycles. The summed E-state index contributed by atoms with van der Waals surface area (Å²) in [5, 5.41) is 13.6. The molecule has 24 heavy (non-hydrogen) atoms. The molecule has 1 N–H and O–H groups in total. The van der Waals surface area contributed by atoms with Gasteiger partial charge in [0.05, 0.1) is 16.2 Å². The summed E-state index contributed by atoms with van der Waals surface area (Å²) in [5.74, 6) is -1.07. The Bertz CT molecular complexity index is 764. The van der Waals surface area contributed by atoms with Crippen molar-refractivity contribution < 1.29 is 18.8 Å². The van der Waals surface area contributed by atoms with Gasteiger partial charge in [-0.3, -0.25) is 14.9 Å². The minimum atomic E-state index is -0.916. The number of halogens is 1. The van der Waals surface area contributed by atoms with Crippen LogP contribution in [0, 0.1) is 22.9 Å². The molecule has 126 valence electrons. The molecule has 6 nitrogen and oxygen atoms in total. The third kappa shape index (κ3) is 3.87. The Kier molecular flexibility index (Phi) is 5.47. The zero-order valence-electron chi connectivity index (χ0n) is 13.3. The van der Waals surface area contributed by atoms with Crippen molar-refractivity contribution >= 4 is 17.3 Å². The van der Waals surface area contributed by atoms with E-state index in [0.29, 0.717) is 17.7 Å². The summed E-state index contributed by atoms with van der Waals surface area (Å²) in [6.07, 6.45) is -0.603. The van der Waals surface area contributed by atoms with Gasteiger partial charge in [0.2, 0.25) is 0 Å². The quantitative estimate of drug-likeness (QED) is 0.644. The second-order valence-electron chi connectivity index (χ2n) is 5.14. The number of para-hydroxylation sites is 1. The lowest BCUT2D eigenvalue weighted by Crippen LogP contribution is -2.32. The van der Waals surface area contributed by atoms with E-state index < -0.39 is 22.8 Å². The van der Waals surface area contributed by atoms with Crippen molar-refractivity contribution in [1.29, 1.82) is 0 Å². The number of carbonyl (C=O) groups excluding carboxylic acids is 1. The monoisotopic (exact) mass is 332 g/mol. The standard InChI is InChI=1S/C17H17FN2O4/c1-3-15(24-16-10-5-4-7-12(16)18)17(21)19-13-8-6-9-14(11(13)2)20(22)23/h4-10,15H,3H2,1-2H3,(H,19,21). The summed E-state index contributed by atoms with van der Waals surface area (Å²) in [6.45, 7) is 3.28. The summed E-state index contributed by atoms with van der Waals surface area (Å²) in [5.41, 5.74) is 0.581. The van der Waals surface area contributed by atoms with E-state index in [1.807, 2.05) is 0 Å². The molecule has 0 aromatic heterocycles. The maximum absolute atomic E-state index is 13.7. The van der Waals surface area contributed by atoms with Crippen molar-refractivity contribution in [2.45, 2.75) is 26.4 Å². The van der Waals surface area contributed by atoms with Crippen molar-refractivity contribution in [3.8, 4) is 5.75 Å². The summed E-state index contributed by atoms with van der Waals surface area (Å²) >= 11 is 0. The van der Waals surface area contributed by atoms with Gasteiger partial charge >= 0.3 is 0 Å². The molecule has 1 unspecified atom stereocenters. The van der Waals surface area contributed by atoms with Gasteiger partial charge in [0, 0.05) is 6.07 Å². The molecule has 2 rings (SSSR count). The highest BCUT2D eigenvalue weighted by molar-refractivity contribution is 5.95. The number of carbonyl (C=O) groups is 1. The number of hydrogen-bond donors (Lipinski definition) is 1. The van der Waals surface area contributed by atoms with E-state index in [4.69, 9.17) is 4.74 Å². The lowest BCUT2D eigenvalue weighted by atomic mass is 10.1. The largest absolute Gasteiger partial charge is 0.478 e. The average Bonchev–Trinajstić information content (AvgIpc) is 2.55. The maximum atomic E-state index is 13.7. The fourth-order valence-electron chi connectivity index (χ4n) is 2.19. The first kappa shape index (κ1) is 17.4. The molecular weight excluding hydrogens is 315 g/mol. The number of nitro groups is 1. The highest BCUT2D eigenvalue weighted by Crippen LogP contribution is 2.26. The number of anilines is 1. The molecule has 0 spiro atoms. The second kappa shape index (κ2) is 7.54. The Morgan fingerprint density at radius 3 is 2.62 bits per heavy atom. The normalized spacial score (nSPS) is 11.6. The van der Waals surface area contributed by atoms with Crippen LogP contribution >= 0.6 is 0 Å². The van der Waals surface area contributed by atoms with Gasteiger partial charge in [-0.15, -0.1) is 0 Å². The summed E-state index contributed by atoms with van der Waals surface area (Å²) < 4.78 is 19.1. The van der Waals surface area contributed by atoms with Gasteiger partial charge in [0.1, 0.15) is 0 Å². The van der Waals surface area contributed by atoms with Crippen LogP contribution in [0.3, 0.4) is 0 Å². The molecule has 0 bridgehead atoms. The fraction of sp³-hybridized carbons (Fsp3) is 0.235. The van der Waals surface area contributed by atoms with Gasteiger partial charge < -0.3 is 10.1 Å². The Labute approximate surface area is 138 Å². The molecular formula is C17H17FN2O4. The van der Waals surface area contributed by atoms with Crippen LogP contribution in [-0.4, -0.2) is 16.9 Å². The van der Waals surface area contributed by atoms with Crippen LogP contribution in [0.5, 0.6) is 5.75 Å². The zero-order valence-corrected chi connectivity index (χ0v) is 13.3. The molecule has 0 heterocycles. The van der Waals surface area contributed by atoms with Crippen LogP contribution < -0.4 is 10.1 Å². The molecule has 1 amide bonds. The van der Waals surface area contributed by atoms with Crippen molar-refractivity contribution in [2.75, 3.05) is 5.32 Å². The van der Waals surface area contributed by atoms with E-state index in [1.165, 1.54) is 30.3 Å². The lowest BCUT2D eigenvalue weighted by Gasteiger charge is -2.18. The van der Waals surface area contributed by atoms with E-state index in [1.54, 1.807) is 26.0 Å². The van der Waals surface area contributed by atoms with Crippen LogP contribution in [0.1, 0.15) is 18.9 Å². The van der Waals surface area contributed by atoms with E-state index >= 15 is 0 Å². The third-order valence-electron chi connectivity index (χ3n) is 3.53. The first-order valence-corrected chi connectivity index (χ1v) is 7.40. The number of nitro benzene ring substituents is 1. The van der Waals surface area contributed by atoms with E-state index in [9.17, 15) is 19.3 Å². The highest BCUT2D eigenvalue weighted by atomic mass is 19.1. The van der Waals surface area contributed by atoms with Gasteiger partial charge in [0.15, 0.2) is 17.7 Å². The number of nitrogens with zero attached hydrogens (tertiary/aromatic N) is 1. The second-order valence-corrected chi connectivity index (χ2v) is 5.14. The van der Waals surface area contributed by atoms with Gasteiger partial charge in [-0.25, -0.2) is 4.39 Å². The Hall–Kier alpha value is -2.96. The van der Waals surface area contributed by atoms with Crippen LogP contribution in [0.4, 0.5) is 15.8 Å². The van der Waals surface area contributed by atoms with Gasteiger partial charge in [-0.05, 0) is 31.5 Å². The Balaban J connectivity index is 2.17. The number of benzene rings is 2. The smallest absolute Gasteiger partial charge is 0.274 e. The molecule has 0 fully saturated rings. The van der Waals surface area contributed by atoms with Gasteiger partial charge in [-0.2, -0.15) is 0 Å². The van der Waals surface area contributed by atoms with Gasteiger partial charge in [-0.1, -0.05) is 25.1 Å². The van der Waals surface area contributed by atoms with Crippen molar-refractivity contribution in [3.63, 3.8) is 0 Å². The van der Waals surface area contributed by atoms with Crippen molar-refractivity contribution in [1.82, 2.24) is 0 Å². The lowest BCUT2D eigenvalue weighted by molar-refractivity contribution is -0.385. The predicted octanol–water partition coefficient (Wildman–Crippen LogP) is 3.84. The number of nitrogens with one attached hydrogen (secondary N) is 1. The molecule has 7 heteroatoms. The van der Waals surface area contributed by atoms with Gasteiger partial charge in [0.25, 0.3) is 11.6 Å². The molecule has 2 aromatic rings. The predicted molar refractivity (Wildman–Crippen MR) is 87.6 cm³/mol. The summed E-state index contributed by atoms with van der Waals surface area (Å²) in [7, 11) is 0. The molecule has 2 aromatic carbocycles. The Morgan fingerprint density at radius 1 is 1.29 bits per heavy atom. The minimum Gasteiger partial charge on any atom is -0.478 e. The molecule has 0 saturated carbocycles. The first-order chi connectivity index (χ1) is 11.4. The molecule has 0 aliphatic rings. The number of amides is 1. The Morgan fingerprint density at radius 2 is 2.00 bits per heavy atom. The minimum absolute atomic E-state index is 0.0183. The first-order valence-electron chi connectivity index (χ1n) is 7.40. The molecule has 0 aliphatic carbocycles. The van der Waals surface area contributed by atoms with Crippen LogP contribution in [0.15, 0.2) is 42.5 Å². The zero-order chi connectivity index (χ0) is 17.7.